The van der Waals surface area contributed by atoms with E-state index in [1.165, 1.54) is 4.31 Å². The highest BCUT2D eigenvalue weighted by atomic mass is 32.2. The number of carbonyl (C=O) groups is 1. The third-order valence-electron chi connectivity index (χ3n) is 4.34. The number of hydrogen-bond donors (Lipinski definition) is 1. The van der Waals surface area contributed by atoms with Crippen molar-refractivity contribution in [3.8, 4) is 5.75 Å². The maximum absolute atomic E-state index is 12.7. The second-order valence-electron chi connectivity index (χ2n) is 6.73. The molecule has 1 N–H and O–H groups in total. The number of hydrogen-bond acceptors (Lipinski definition) is 4. The maximum Gasteiger partial charge on any atom is 0.244 e. The van der Waals surface area contributed by atoms with Crippen molar-refractivity contribution in [3.63, 3.8) is 0 Å². The Labute approximate surface area is 167 Å². The number of nitrogens with one attached hydrogen (secondary N) is 1. The SMILES string of the molecule is CC[C@H](C(=O)NCCOc1cc(C)ccc1C)N(c1ccccc1)S(C)(=O)=O. The summed E-state index contributed by atoms with van der Waals surface area (Å²) in [5.41, 5.74) is 2.59. The summed E-state index contributed by atoms with van der Waals surface area (Å²) in [7, 11) is -3.62. The number of carbonyl (C=O) groups excluding carboxylic acids is 1. The summed E-state index contributed by atoms with van der Waals surface area (Å²) in [6, 6.07) is 13.8. The first-order valence-electron chi connectivity index (χ1n) is 9.26. The molecule has 1 amide bonds. The van der Waals surface area contributed by atoms with Crippen LogP contribution in [0.2, 0.25) is 0 Å². The fraction of sp³-hybridized carbons (Fsp3) is 0.381. The van der Waals surface area contributed by atoms with Gasteiger partial charge in [-0.3, -0.25) is 9.10 Å². The molecule has 0 aromatic heterocycles. The zero-order valence-electron chi connectivity index (χ0n) is 16.8. The van der Waals surface area contributed by atoms with Gasteiger partial charge in [0.05, 0.1) is 18.5 Å². The Kier molecular flexibility index (Phi) is 7.45. The van der Waals surface area contributed by atoms with E-state index in [4.69, 9.17) is 4.74 Å². The Bertz CT molecular complexity index is 898. The molecule has 0 aliphatic rings. The number of aryl methyl sites for hydroxylation is 2. The standard InChI is InChI=1S/C21H28N2O4S/c1-5-19(23(28(4,25)26)18-9-7-6-8-10-18)21(24)22-13-14-27-20-15-16(2)11-12-17(20)3/h6-12,15,19H,5,13-14H2,1-4H3,(H,22,24)/t19-/m1/s1. The summed E-state index contributed by atoms with van der Waals surface area (Å²) in [4.78, 5) is 12.7. The maximum atomic E-state index is 12.7. The number of sulfonamides is 1. The predicted octanol–water partition coefficient (Wildman–Crippen LogP) is 3.04. The van der Waals surface area contributed by atoms with Crippen molar-refractivity contribution in [1.82, 2.24) is 5.32 Å². The molecule has 0 aliphatic carbocycles. The van der Waals surface area contributed by atoms with Crippen LogP contribution >= 0.6 is 0 Å². The minimum atomic E-state index is -3.62. The van der Waals surface area contributed by atoms with Gasteiger partial charge in [0.1, 0.15) is 18.4 Å². The van der Waals surface area contributed by atoms with Gasteiger partial charge >= 0.3 is 0 Å². The van der Waals surface area contributed by atoms with E-state index in [1.807, 2.05) is 32.0 Å². The van der Waals surface area contributed by atoms with Crippen LogP contribution in [0, 0.1) is 13.8 Å². The van der Waals surface area contributed by atoms with E-state index < -0.39 is 16.1 Å². The van der Waals surface area contributed by atoms with Crippen molar-refractivity contribution < 1.29 is 17.9 Å². The average molecular weight is 405 g/mol. The van der Waals surface area contributed by atoms with Gasteiger partial charge in [-0.2, -0.15) is 0 Å². The van der Waals surface area contributed by atoms with Gasteiger partial charge in [-0.25, -0.2) is 8.42 Å². The third kappa shape index (κ3) is 5.73. The molecule has 2 aromatic carbocycles. The van der Waals surface area contributed by atoms with Crippen LogP contribution < -0.4 is 14.4 Å². The van der Waals surface area contributed by atoms with Crippen LogP contribution in [0.1, 0.15) is 24.5 Å². The molecule has 0 radical (unpaired) electrons. The summed E-state index contributed by atoms with van der Waals surface area (Å²) < 4.78 is 31.6. The van der Waals surface area contributed by atoms with Gasteiger partial charge in [0.2, 0.25) is 15.9 Å². The van der Waals surface area contributed by atoms with E-state index in [9.17, 15) is 13.2 Å². The van der Waals surface area contributed by atoms with Crippen LogP contribution in [0.5, 0.6) is 5.75 Å². The number of nitrogens with zero attached hydrogens (tertiary/aromatic N) is 1. The molecule has 152 valence electrons. The molecular formula is C21H28N2O4S. The Morgan fingerprint density at radius 3 is 2.43 bits per heavy atom. The topological polar surface area (TPSA) is 75.7 Å². The number of anilines is 1. The van der Waals surface area contributed by atoms with Gasteiger partial charge in [-0.1, -0.05) is 37.3 Å². The van der Waals surface area contributed by atoms with E-state index >= 15 is 0 Å². The van der Waals surface area contributed by atoms with Crippen molar-refractivity contribution in [2.45, 2.75) is 33.2 Å². The van der Waals surface area contributed by atoms with Gasteiger partial charge in [0, 0.05) is 0 Å². The number of benzene rings is 2. The smallest absolute Gasteiger partial charge is 0.244 e. The average Bonchev–Trinajstić information content (AvgIpc) is 2.65. The van der Waals surface area contributed by atoms with Gasteiger partial charge in [-0.05, 0) is 49.6 Å². The first-order valence-corrected chi connectivity index (χ1v) is 11.1. The zero-order valence-corrected chi connectivity index (χ0v) is 17.6. The van der Waals surface area contributed by atoms with Crippen LogP contribution in [-0.4, -0.2) is 39.8 Å². The number of amides is 1. The minimum Gasteiger partial charge on any atom is -0.491 e. The monoisotopic (exact) mass is 404 g/mol. The third-order valence-corrected chi connectivity index (χ3v) is 5.52. The van der Waals surface area contributed by atoms with Crippen molar-refractivity contribution >= 4 is 21.6 Å². The fourth-order valence-corrected chi connectivity index (χ4v) is 4.16. The largest absolute Gasteiger partial charge is 0.491 e. The minimum absolute atomic E-state index is 0.287. The van der Waals surface area contributed by atoms with Crippen LogP contribution in [0.4, 0.5) is 5.69 Å². The molecule has 2 aromatic rings. The predicted molar refractivity (Wildman–Crippen MR) is 112 cm³/mol. The molecule has 6 nitrogen and oxygen atoms in total. The number of ether oxygens (including phenoxy) is 1. The van der Waals surface area contributed by atoms with Gasteiger partial charge < -0.3 is 10.1 Å². The van der Waals surface area contributed by atoms with E-state index in [2.05, 4.69) is 5.32 Å². The molecule has 2 rings (SSSR count). The Morgan fingerprint density at radius 1 is 1.14 bits per heavy atom. The van der Waals surface area contributed by atoms with Crippen LogP contribution in [0.25, 0.3) is 0 Å². The van der Waals surface area contributed by atoms with Crippen LogP contribution in [0.15, 0.2) is 48.5 Å². The van der Waals surface area contributed by atoms with E-state index in [-0.39, 0.29) is 12.5 Å². The molecule has 0 saturated carbocycles. The molecule has 28 heavy (non-hydrogen) atoms. The van der Waals surface area contributed by atoms with Gasteiger partial charge in [0.25, 0.3) is 0 Å². The molecular weight excluding hydrogens is 376 g/mol. The van der Waals surface area contributed by atoms with Crippen molar-refractivity contribution in [3.05, 3.63) is 59.7 Å². The molecule has 0 fully saturated rings. The highest BCUT2D eigenvalue weighted by Crippen LogP contribution is 2.22. The number of rotatable bonds is 9. The summed E-state index contributed by atoms with van der Waals surface area (Å²) in [6.07, 6.45) is 1.46. The van der Waals surface area contributed by atoms with E-state index in [0.717, 1.165) is 23.1 Å². The van der Waals surface area contributed by atoms with Gasteiger partial charge in [-0.15, -0.1) is 0 Å². The first-order chi connectivity index (χ1) is 13.2. The molecule has 0 bridgehead atoms. The van der Waals surface area contributed by atoms with Crippen LogP contribution in [-0.2, 0) is 14.8 Å². The summed E-state index contributed by atoms with van der Waals surface area (Å²) >= 11 is 0. The van der Waals surface area contributed by atoms with Crippen molar-refractivity contribution in [2.75, 3.05) is 23.7 Å². The van der Waals surface area contributed by atoms with Crippen molar-refractivity contribution in [1.29, 1.82) is 0 Å². The molecule has 0 heterocycles. The highest BCUT2D eigenvalue weighted by Gasteiger charge is 2.31. The lowest BCUT2D eigenvalue weighted by Crippen LogP contribution is -2.49. The second-order valence-corrected chi connectivity index (χ2v) is 8.59. The van der Waals surface area contributed by atoms with E-state index in [0.29, 0.717) is 18.7 Å². The molecule has 0 aliphatic heterocycles. The molecule has 1 atom stereocenters. The normalized spacial score (nSPS) is 12.3. The van der Waals surface area contributed by atoms with E-state index in [1.54, 1.807) is 37.3 Å². The lowest BCUT2D eigenvalue weighted by molar-refractivity contribution is -0.122. The Hall–Kier alpha value is -2.54. The van der Waals surface area contributed by atoms with Crippen LogP contribution in [0.3, 0.4) is 0 Å². The summed E-state index contributed by atoms with van der Waals surface area (Å²) in [5.74, 6) is 0.435. The molecule has 0 saturated heterocycles. The number of para-hydroxylation sites is 1. The molecule has 0 spiro atoms. The quantitative estimate of drug-likeness (QED) is 0.652. The lowest BCUT2D eigenvalue weighted by Gasteiger charge is -2.30. The summed E-state index contributed by atoms with van der Waals surface area (Å²) in [6.45, 7) is 6.33. The Morgan fingerprint density at radius 2 is 1.82 bits per heavy atom. The molecule has 7 heteroatoms. The second kappa shape index (κ2) is 9.59. The van der Waals surface area contributed by atoms with Crippen molar-refractivity contribution in [2.24, 2.45) is 0 Å². The zero-order chi connectivity index (χ0) is 20.7. The summed E-state index contributed by atoms with van der Waals surface area (Å²) in [5, 5.41) is 2.79. The Balaban J connectivity index is 2.02. The highest BCUT2D eigenvalue weighted by molar-refractivity contribution is 7.92. The van der Waals surface area contributed by atoms with Gasteiger partial charge in [0.15, 0.2) is 0 Å². The molecule has 0 unspecified atom stereocenters. The fourth-order valence-electron chi connectivity index (χ4n) is 2.95. The lowest BCUT2D eigenvalue weighted by atomic mass is 10.1. The first kappa shape index (κ1) is 21.8.